The van der Waals surface area contributed by atoms with Gasteiger partial charge in [0.15, 0.2) is 0 Å². The summed E-state index contributed by atoms with van der Waals surface area (Å²) < 4.78 is 0. The van der Waals surface area contributed by atoms with E-state index in [2.05, 4.69) is 18.8 Å². The summed E-state index contributed by atoms with van der Waals surface area (Å²) in [5.41, 5.74) is 2.72. The summed E-state index contributed by atoms with van der Waals surface area (Å²) in [7, 11) is 0. The Kier molecular flexibility index (Phi) is 2.93. The second-order valence-corrected chi connectivity index (χ2v) is 3.50. The van der Waals surface area contributed by atoms with Crippen LogP contribution in [-0.2, 0) is 0 Å². The molecule has 1 nitrogen and oxygen atoms in total. The second kappa shape index (κ2) is 4.55. The van der Waals surface area contributed by atoms with E-state index in [0.717, 1.165) is 16.7 Å². The molecule has 0 spiro atoms. The van der Waals surface area contributed by atoms with Crippen LogP contribution in [0.2, 0.25) is 0 Å². The van der Waals surface area contributed by atoms with Crippen molar-refractivity contribution in [3.8, 4) is 17.6 Å². The van der Waals surface area contributed by atoms with Crippen LogP contribution in [0.5, 0.6) is 5.75 Å². The molecule has 0 aliphatic heterocycles. The average molecular weight is 207 g/mol. The van der Waals surface area contributed by atoms with Gasteiger partial charge in [-0.15, -0.1) is 0 Å². The van der Waals surface area contributed by atoms with Crippen molar-refractivity contribution in [2.45, 2.75) is 0 Å². The smallest absolute Gasteiger partial charge is 0.116 e. The van der Waals surface area contributed by atoms with Gasteiger partial charge in [0.05, 0.1) is 0 Å². The third-order valence-corrected chi connectivity index (χ3v) is 2.15. The van der Waals surface area contributed by atoms with Crippen LogP contribution in [0.15, 0.2) is 48.5 Å². The maximum absolute atomic E-state index is 9.27. The van der Waals surface area contributed by atoms with Crippen LogP contribution < -0.4 is 0 Å². The minimum Gasteiger partial charge on any atom is -0.508 e. The van der Waals surface area contributed by atoms with Crippen LogP contribution in [0, 0.1) is 18.8 Å². The molecule has 0 amide bonds. The summed E-state index contributed by atoms with van der Waals surface area (Å²) in [6.07, 6.45) is 0. The minimum absolute atomic E-state index is 0.236. The van der Waals surface area contributed by atoms with Crippen LogP contribution >= 0.6 is 0 Å². The molecule has 0 heterocycles. The highest BCUT2D eigenvalue weighted by Gasteiger charge is 1.89. The van der Waals surface area contributed by atoms with E-state index < -0.39 is 0 Å². The number of hydrogen-bond acceptors (Lipinski definition) is 1. The number of aromatic hydroxyl groups is 1. The Morgan fingerprint density at radius 2 is 1.56 bits per heavy atom. The van der Waals surface area contributed by atoms with Crippen molar-refractivity contribution in [1.82, 2.24) is 0 Å². The maximum atomic E-state index is 9.27. The van der Waals surface area contributed by atoms with Gasteiger partial charge < -0.3 is 5.11 Å². The van der Waals surface area contributed by atoms with Crippen molar-refractivity contribution in [1.29, 1.82) is 0 Å². The number of phenolic OH excluding ortho intramolecular Hbond substituents is 1. The molecule has 2 aromatic rings. The summed E-state index contributed by atoms with van der Waals surface area (Å²) in [5, 5.41) is 9.27. The zero-order valence-electron chi connectivity index (χ0n) is 8.77. The van der Waals surface area contributed by atoms with Crippen LogP contribution in [0.4, 0.5) is 0 Å². The van der Waals surface area contributed by atoms with E-state index in [4.69, 9.17) is 0 Å². The molecule has 16 heavy (non-hydrogen) atoms. The van der Waals surface area contributed by atoms with Crippen LogP contribution in [0.3, 0.4) is 0 Å². The maximum Gasteiger partial charge on any atom is 0.116 e. The molecule has 0 atom stereocenters. The fraction of sp³-hybridized carbons (Fsp3) is 0. The highest BCUT2D eigenvalue weighted by molar-refractivity contribution is 5.45. The average Bonchev–Trinajstić information content (AvgIpc) is 2.28. The molecule has 0 fully saturated rings. The van der Waals surface area contributed by atoms with Crippen molar-refractivity contribution >= 4 is 0 Å². The molecule has 77 valence electrons. The third kappa shape index (κ3) is 2.65. The normalized spacial score (nSPS) is 9.31. The van der Waals surface area contributed by atoms with Gasteiger partial charge in [0, 0.05) is 11.1 Å². The molecular formula is C15H11O. The molecule has 2 aromatic carbocycles. The lowest BCUT2D eigenvalue weighted by Crippen LogP contribution is -1.76. The lowest BCUT2D eigenvalue weighted by Gasteiger charge is -1.93. The minimum atomic E-state index is 0.236. The zero-order valence-corrected chi connectivity index (χ0v) is 8.77. The summed E-state index contributed by atoms with van der Waals surface area (Å²) in [6, 6.07) is 14.6. The van der Waals surface area contributed by atoms with Gasteiger partial charge in [-0.05, 0) is 42.8 Å². The van der Waals surface area contributed by atoms with Crippen LogP contribution in [-0.4, -0.2) is 5.11 Å². The number of phenols is 1. The second-order valence-electron chi connectivity index (χ2n) is 3.50. The van der Waals surface area contributed by atoms with E-state index in [9.17, 15) is 5.11 Å². The number of hydrogen-bond donors (Lipinski definition) is 1. The van der Waals surface area contributed by atoms with Crippen molar-refractivity contribution in [2.75, 3.05) is 0 Å². The van der Waals surface area contributed by atoms with Gasteiger partial charge in [0.1, 0.15) is 5.75 Å². The first kappa shape index (κ1) is 10.3. The first-order valence-electron chi connectivity index (χ1n) is 4.97. The molecule has 0 saturated carbocycles. The number of benzene rings is 2. The van der Waals surface area contributed by atoms with Crippen molar-refractivity contribution in [3.63, 3.8) is 0 Å². The molecule has 0 saturated heterocycles. The third-order valence-electron chi connectivity index (χ3n) is 2.15. The fourth-order valence-corrected chi connectivity index (χ4v) is 1.32. The zero-order chi connectivity index (χ0) is 11.4. The number of rotatable bonds is 0. The molecule has 2 rings (SSSR count). The SMILES string of the molecule is [CH2]c1ccc(C#Cc2cccc(O)c2)cc1. The van der Waals surface area contributed by atoms with Gasteiger partial charge in [0.2, 0.25) is 0 Å². The largest absolute Gasteiger partial charge is 0.508 e. The molecule has 0 aliphatic carbocycles. The van der Waals surface area contributed by atoms with E-state index >= 15 is 0 Å². The van der Waals surface area contributed by atoms with E-state index in [1.807, 2.05) is 30.3 Å². The first-order chi connectivity index (χ1) is 7.74. The van der Waals surface area contributed by atoms with Gasteiger partial charge in [-0.25, -0.2) is 0 Å². The van der Waals surface area contributed by atoms with E-state index in [1.165, 1.54) is 0 Å². The van der Waals surface area contributed by atoms with Gasteiger partial charge in [-0.1, -0.05) is 30.0 Å². The van der Waals surface area contributed by atoms with Crippen LogP contribution in [0.25, 0.3) is 0 Å². The van der Waals surface area contributed by atoms with E-state index in [-0.39, 0.29) is 5.75 Å². The lowest BCUT2D eigenvalue weighted by molar-refractivity contribution is 0.475. The van der Waals surface area contributed by atoms with Gasteiger partial charge >= 0.3 is 0 Å². The topological polar surface area (TPSA) is 20.2 Å². The molecule has 0 aromatic heterocycles. The highest BCUT2D eigenvalue weighted by Crippen LogP contribution is 2.09. The Morgan fingerprint density at radius 3 is 2.25 bits per heavy atom. The van der Waals surface area contributed by atoms with Gasteiger partial charge in [-0.3, -0.25) is 0 Å². The summed E-state index contributed by atoms with van der Waals surface area (Å²) in [6.45, 7) is 3.81. The Balaban J connectivity index is 2.25. The van der Waals surface area contributed by atoms with Crippen molar-refractivity contribution in [2.24, 2.45) is 0 Å². The van der Waals surface area contributed by atoms with Crippen molar-refractivity contribution < 1.29 is 5.11 Å². The van der Waals surface area contributed by atoms with Gasteiger partial charge in [-0.2, -0.15) is 0 Å². The quantitative estimate of drug-likeness (QED) is 0.658. The molecular weight excluding hydrogens is 196 g/mol. The molecule has 0 aliphatic rings. The Morgan fingerprint density at radius 1 is 0.875 bits per heavy atom. The molecule has 0 bridgehead atoms. The predicted molar refractivity (Wildman–Crippen MR) is 65.0 cm³/mol. The van der Waals surface area contributed by atoms with E-state index in [0.29, 0.717) is 0 Å². The molecule has 1 radical (unpaired) electrons. The predicted octanol–water partition coefficient (Wildman–Crippen LogP) is 2.97. The highest BCUT2D eigenvalue weighted by atomic mass is 16.3. The Hall–Kier alpha value is -2.20. The van der Waals surface area contributed by atoms with Crippen LogP contribution in [0.1, 0.15) is 16.7 Å². The molecule has 1 N–H and O–H groups in total. The van der Waals surface area contributed by atoms with Gasteiger partial charge in [0.25, 0.3) is 0 Å². The molecule has 1 heteroatoms. The summed E-state index contributed by atoms with van der Waals surface area (Å²) in [4.78, 5) is 0. The first-order valence-corrected chi connectivity index (χ1v) is 4.97. The summed E-state index contributed by atoms with van der Waals surface area (Å²) in [5.74, 6) is 6.25. The Labute approximate surface area is 95.4 Å². The fourth-order valence-electron chi connectivity index (χ4n) is 1.32. The summed E-state index contributed by atoms with van der Waals surface area (Å²) >= 11 is 0. The molecule has 0 unspecified atom stereocenters. The monoisotopic (exact) mass is 207 g/mol. The standard InChI is InChI=1S/C15H11O/c1-12-5-7-13(8-6-12)9-10-14-3-2-4-15(16)11-14/h2-8,11,16H,1H2. The van der Waals surface area contributed by atoms with Crippen molar-refractivity contribution in [3.05, 3.63) is 72.1 Å². The lowest BCUT2D eigenvalue weighted by atomic mass is 10.1. The van der Waals surface area contributed by atoms with E-state index in [1.54, 1.807) is 18.2 Å². The Bertz CT molecular complexity index is 542.